The van der Waals surface area contributed by atoms with Crippen molar-refractivity contribution < 1.29 is 69.0 Å². The highest BCUT2D eigenvalue weighted by Crippen LogP contribution is 2.41. The fourth-order valence-electron chi connectivity index (χ4n) is 5.23. The largest absolute Gasteiger partial charge is 0.504 e. The highest BCUT2D eigenvalue weighted by Gasteiger charge is 2.46. The lowest BCUT2D eigenvalue weighted by molar-refractivity contribution is -0.277. The molecule has 48 heavy (non-hydrogen) atoms. The number of phenols is 2. The van der Waals surface area contributed by atoms with E-state index in [1.807, 2.05) is 0 Å². The van der Waals surface area contributed by atoms with Gasteiger partial charge in [0.15, 0.2) is 34.5 Å². The SMILES string of the molecule is COc1cc(C[C@@H](CO)c2cc(/C=C/CO)cc(OC)c2O[C@@H]2O[C@H](COC(=O)c3ccc(O)c(OC)c3)[C@@H](O)[C@H](O)[C@H]2O)ccc1O. The number of aromatic hydroxyl groups is 2. The zero-order valence-electron chi connectivity index (χ0n) is 26.6. The maximum absolute atomic E-state index is 12.7. The molecular formula is C34H40O14. The molecule has 14 nitrogen and oxygen atoms in total. The monoisotopic (exact) mass is 672 g/mol. The summed E-state index contributed by atoms with van der Waals surface area (Å²) in [6, 6.07) is 11.9. The highest BCUT2D eigenvalue weighted by molar-refractivity contribution is 5.90. The molecule has 3 aromatic carbocycles. The number of benzene rings is 3. The predicted molar refractivity (Wildman–Crippen MR) is 170 cm³/mol. The van der Waals surface area contributed by atoms with E-state index in [1.165, 1.54) is 51.7 Å². The Labute approximate surface area is 276 Å². The molecule has 1 heterocycles. The summed E-state index contributed by atoms with van der Waals surface area (Å²) in [6.07, 6.45) is -4.82. The molecule has 1 aliphatic heterocycles. The summed E-state index contributed by atoms with van der Waals surface area (Å²) in [5.74, 6) is -1.25. The summed E-state index contributed by atoms with van der Waals surface area (Å²) < 4.78 is 33.1. The Morgan fingerprint density at radius 1 is 0.854 bits per heavy atom. The van der Waals surface area contributed by atoms with E-state index in [1.54, 1.807) is 30.3 Å². The quantitative estimate of drug-likeness (QED) is 0.121. The minimum absolute atomic E-state index is 0.0364. The molecule has 260 valence electrons. The molecule has 0 aliphatic carbocycles. The van der Waals surface area contributed by atoms with Gasteiger partial charge in [0.25, 0.3) is 0 Å². The number of rotatable bonds is 14. The van der Waals surface area contributed by atoms with Gasteiger partial charge >= 0.3 is 5.97 Å². The van der Waals surface area contributed by atoms with Gasteiger partial charge in [-0.05, 0) is 60.0 Å². The van der Waals surface area contributed by atoms with E-state index in [4.69, 9.17) is 28.4 Å². The van der Waals surface area contributed by atoms with Crippen molar-refractivity contribution in [2.45, 2.75) is 43.0 Å². The van der Waals surface area contributed by atoms with Gasteiger partial charge in [-0.2, -0.15) is 0 Å². The Bertz CT molecular complexity index is 1570. The summed E-state index contributed by atoms with van der Waals surface area (Å²) in [5, 5.41) is 72.0. The summed E-state index contributed by atoms with van der Waals surface area (Å²) in [4.78, 5) is 12.7. The molecule has 0 spiro atoms. The Morgan fingerprint density at radius 2 is 1.52 bits per heavy atom. The van der Waals surface area contributed by atoms with Gasteiger partial charge in [0.1, 0.15) is 31.0 Å². The zero-order valence-corrected chi connectivity index (χ0v) is 26.6. The average Bonchev–Trinajstić information content (AvgIpc) is 3.10. The van der Waals surface area contributed by atoms with Gasteiger partial charge in [-0.3, -0.25) is 0 Å². The lowest BCUT2D eigenvalue weighted by Crippen LogP contribution is -2.60. The van der Waals surface area contributed by atoms with Gasteiger partial charge in [0.2, 0.25) is 6.29 Å². The van der Waals surface area contributed by atoms with Crippen molar-refractivity contribution in [2.75, 3.05) is 41.2 Å². The smallest absolute Gasteiger partial charge is 0.338 e. The third kappa shape index (κ3) is 8.28. The number of methoxy groups -OCH3 is 3. The summed E-state index contributed by atoms with van der Waals surface area (Å²) in [6.45, 7) is -1.17. The second-order valence-corrected chi connectivity index (χ2v) is 10.9. The van der Waals surface area contributed by atoms with Gasteiger partial charge < -0.3 is 64.2 Å². The molecule has 1 fully saturated rings. The third-order valence-electron chi connectivity index (χ3n) is 7.82. The summed E-state index contributed by atoms with van der Waals surface area (Å²) >= 11 is 0. The molecule has 14 heteroatoms. The van der Waals surface area contributed by atoms with Crippen LogP contribution in [0.3, 0.4) is 0 Å². The van der Waals surface area contributed by atoms with E-state index in [0.29, 0.717) is 16.7 Å². The second-order valence-electron chi connectivity index (χ2n) is 10.9. The number of esters is 1. The van der Waals surface area contributed by atoms with Crippen LogP contribution in [0.4, 0.5) is 0 Å². The van der Waals surface area contributed by atoms with E-state index < -0.39 is 49.2 Å². The van der Waals surface area contributed by atoms with Crippen LogP contribution in [0.15, 0.2) is 54.6 Å². The van der Waals surface area contributed by atoms with Gasteiger partial charge in [-0.25, -0.2) is 4.79 Å². The van der Waals surface area contributed by atoms with Gasteiger partial charge in [-0.15, -0.1) is 0 Å². The van der Waals surface area contributed by atoms with Crippen molar-refractivity contribution in [1.82, 2.24) is 0 Å². The molecule has 0 aromatic heterocycles. The number of carbonyl (C=O) groups is 1. The van der Waals surface area contributed by atoms with E-state index in [0.717, 1.165) is 0 Å². The molecule has 0 saturated carbocycles. The Kier molecular flexibility index (Phi) is 12.5. The molecule has 7 N–H and O–H groups in total. The van der Waals surface area contributed by atoms with E-state index in [2.05, 4.69) is 0 Å². The Hall–Kier alpha value is -4.57. The highest BCUT2D eigenvalue weighted by atomic mass is 16.7. The van der Waals surface area contributed by atoms with E-state index in [-0.39, 0.29) is 59.7 Å². The van der Waals surface area contributed by atoms with Crippen molar-refractivity contribution in [3.8, 4) is 34.5 Å². The van der Waals surface area contributed by atoms with E-state index in [9.17, 15) is 40.5 Å². The zero-order chi connectivity index (χ0) is 35.0. The molecule has 1 saturated heterocycles. The molecule has 4 rings (SSSR count). The first-order valence-electron chi connectivity index (χ1n) is 14.9. The fourth-order valence-corrected chi connectivity index (χ4v) is 5.23. The molecule has 0 amide bonds. The van der Waals surface area contributed by atoms with E-state index >= 15 is 0 Å². The molecule has 0 unspecified atom stereocenters. The van der Waals surface area contributed by atoms with Crippen LogP contribution in [-0.2, 0) is 15.9 Å². The average molecular weight is 673 g/mol. The Balaban J connectivity index is 1.64. The molecule has 0 radical (unpaired) electrons. The second kappa shape index (κ2) is 16.5. The van der Waals surface area contributed by atoms with Crippen molar-refractivity contribution >= 4 is 12.0 Å². The topological polar surface area (TPSA) is 214 Å². The maximum atomic E-state index is 12.7. The predicted octanol–water partition coefficient (Wildman–Crippen LogP) is 1.49. The summed E-state index contributed by atoms with van der Waals surface area (Å²) in [7, 11) is 4.10. The number of aliphatic hydroxyl groups is 5. The molecule has 1 aliphatic rings. The van der Waals surface area contributed by atoms with Gasteiger partial charge in [0, 0.05) is 11.5 Å². The van der Waals surface area contributed by atoms with Crippen LogP contribution in [0.1, 0.15) is 33.0 Å². The maximum Gasteiger partial charge on any atom is 0.338 e. The van der Waals surface area contributed by atoms with Crippen molar-refractivity contribution in [3.05, 3.63) is 76.9 Å². The first kappa shape index (κ1) is 36.3. The lowest BCUT2D eigenvalue weighted by Gasteiger charge is -2.40. The number of ether oxygens (including phenoxy) is 6. The Morgan fingerprint density at radius 3 is 2.17 bits per heavy atom. The summed E-state index contributed by atoms with van der Waals surface area (Å²) in [5.41, 5.74) is 1.73. The van der Waals surface area contributed by atoms with Gasteiger partial charge in [-0.1, -0.05) is 18.2 Å². The van der Waals surface area contributed by atoms with Crippen LogP contribution in [0.25, 0.3) is 6.08 Å². The number of phenolic OH excluding ortho intramolecular Hbond substituents is 2. The van der Waals surface area contributed by atoms with Crippen molar-refractivity contribution in [2.24, 2.45) is 0 Å². The standard InChI is InChI=1S/C34H40O14/c1-43-25-13-19(6-8-23(25)37)11-21(16-36)22-12-18(5-4-10-35)14-27(45-3)32(22)48-34-31(41)30(40)29(39)28(47-34)17-46-33(42)20-7-9-24(38)26(15-20)44-2/h4-9,12-15,21,28-31,34-41H,10-11,16-17H2,1-3H3/b5-4+/t21-,28+,29+,30-,31+,34-/m0/s1. The molecule has 6 atom stereocenters. The lowest BCUT2D eigenvalue weighted by atomic mass is 9.90. The van der Waals surface area contributed by atoms with Crippen molar-refractivity contribution in [1.29, 1.82) is 0 Å². The van der Waals surface area contributed by atoms with Crippen molar-refractivity contribution in [3.63, 3.8) is 0 Å². The molecular weight excluding hydrogens is 632 g/mol. The first-order chi connectivity index (χ1) is 23.0. The third-order valence-corrected chi connectivity index (χ3v) is 7.82. The molecule has 0 bridgehead atoms. The number of carbonyl (C=O) groups excluding carboxylic acids is 1. The number of hydrogen-bond donors (Lipinski definition) is 7. The van der Waals surface area contributed by atoms with Crippen LogP contribution >= 0.6 is 0 Å². The number of aliphatic hydroxyl groups excluding tert-OH is 5. The van der Waals surface area contributed by atoms with Gasteiger partial charge in [0.05, 0.1) is 40.1 Å². The van der Waals surface area contributed by atoms with Crippen LogP contribution in [0, 0.1) is 0 Å². The minimum Gasteiger partial charge on any atom is -0.504 e. The molecule has 3 aromatic rings. The van der Waals surface area contributed by atoms with Crippen LogP contribution in [0.5, 0.6) is 34.5 Å². The first-order valence-corrected chi connectivity index (χ1v) is 14.9. The number of hydrogen-bond acceptors (Lipinski definition) is 14. The minimum atomic E-state index is -1.78. The van der Waals surface area contributed by atoms with Crippen LogP contribution in [0.2, 0.25) is 0 Å². The normalized spacial score (nSPS) is 21.5. The fraction of sp³-hybridized carbons (Fsp3) is 0.382. The van der Waals surface area contributed by atoms with Crippen LogP contribution < -0.4 is 18.9 Å². The van der Waals surface area contributed by atoms with Crippen LogP contribution in [-0.4, -0.2) is 114 Å².